The first-order chi connectivity index (χ1) is 16.0. The van der Waals surface area contributed by atoms with E-state index in [0.717, 1.165) is 12.8 Å². The number of rotatable bonds is 6. The molecule has 1 aliphatic carbocycles. The number of benzene rings is 1. The number of piperazine rings is 1. The van der Waals surface area contributed by atoms with Crippen molar-refractivity contribution < 1.29 is 14.0 Å². The number of halogens is 1. The van der Waals surface area contributed by atoms with Crippen molar-refractivity contribution in [3.8, 4) is 0 Å². The fourth-order valence-corrected chi connectivity index (χ4v) is 5.32. The number of thiocarbonyl (C=S) groups is 1. The summed E-state index contributed by atoms with van der Waals surface area (Å²) < 4.78 is 13.1. The molecule has 2 N–H and O–H groups in total. The average molecular weight is 490 g/mol. The van der Waals surface area contributed by atoms with Crippen LogP contribution in [-0.4, -0.2) is 57.4 Å². The molecule has 2 heterocycles. The molecule has 2 amide bonds. The molecule has 1 aliphatic heterocycles. The van der Waals surface area contributed by atoms with E-state index in [9.17, 15) is 14.0 Å². The molecule has 2 aliphatic rings. The van der Waals surface area contributed by atoms with Crippen LogP contribution in [0.5, 0.6) is 0 Å². The molecule has 176 valence electrons. The predicted molar refractivity (Wildman–Crippen MR) is 132 cm³/mol. The third-order valence-electron chi connectivity index (χ3n) is 6.26. The van der Waals surface area contributed by atoms with Crippen molar-refractivity contribution in [2.24, 2.45) is 5.92 Å². The zero-order valence-electron chi connectivity index (χ0n) is 18.3. The van der Waals surface area contributed by atoms with Gasteiger partial charge in [0.05, 0.1) is 6.54 Å². The van der Waals surface area contributed by atoms with Gasteiger partial charge in [0, 0.05) is 30.4 Å². The molecule has 1 saturated carbocycles. The van der Waals surface area contributed by atoms with Gasteiger partial charge in [-0.3, -0.25) is 9.59 Å². The molecule has 0 bridgehead atoms. The minimum Gasteiger partial charge on any atom is -0.338 e. The highest BCUT2D eigenvalue weighted by molar-refractivity contribution is 7.80. The van der Waals surface area contributed by atoms with Crippen LogP contribution < -0.4 is 10.6 Å². The summed E-state index contributed by atoms with van der Waals surface area (Å²) in [6, 6.07) is 5.38. The zero-order chi connectivity index (χ0) is 23.2. The number of hydrogen-bond acceptors (Lipinski definition) is 5. The lowest BCUT2D eigenvalue weighted by Gasteiger charge is -2.40. The van der Waals surface area contributed by atoms with Gasteiger partial charge in [-0.15, -0.1) is 11.3 Å². The van der Waals surface area contributed by atoms with Gasteiger partial charge in [0.15, 0.2) is 10.2 Å². The van der Waals surface area contributed by atoms with E-state index < -0.39 is 6.04 Å². The standard InChI is InChI=1S/C23H28FN5O2S2/c24-17-6-8-18(9-7-17)26-23(32)28-11-12-29(20(30)15-28)19(14-16-4-2-1-3-5-16)21(31)27-22-25-10-13-33-22/h6-10,13,16,19H,1-5,11-12,14-15H2,(H,26,32)(H,25,27,31)/t19-/m0/s1. The van der Waals surface area contributed by atoms with Crippen molar-refractivity contribution in [2.75, 3.05) is 30.3 Å². The van der Waals surface area contributed by atoms with Gasteiger partial charge in [0.1, 0.15) is 11.9 Å². The van der Waals surface area contributed by atoms with Gasteiger partial charge in [-0.05, 0) is 48.8 Å². The number of amides is 2. The summed E-state index contributed by atoms with van der Waals surface area (Å²) in [5.41, 5.74) is 0.661. The topological polar surface area (TPSA) is 77.6 Å². The molecule has 1 saturated heterocycles. The van der Waals surface area contributed by atoms with E-state index in [1.54, 1.807) is 28.1 Å². The fraction of sp³-hybridized carbons (Fsp3) is 0.478. The molecule has 7 nitrogen and oxygen atoms in total. The monoisotopic (exact) mass is 489 g/mol. The number of nitrogens with zero attached hydrogens (tertiary/aromatic N) is 3. The molecular weight excluding hydrogens is 461 g/mol. The molecule has 33 heavy (non-hydrogen) atoms. The Morgan fingerprint density at radius 3 is 2.61 bits per heavy atom. The van der Waals surface area contributed by atoms with Gasteiger partial charge in [-0.2, -0.15) is 0 Å². The molecule has 0 unspecified atom stereocenters. The summed E-state index contributed by atoms with van der Waals surface area (Å²) in [4.78, 5) is 34.0. The van der Waals surface area contributed by atoms with Crippen LogP contribution in [0.1, 0.15) is 38.5 Å². The first-order valence-electron chi connectivity index (χ1n) is 11.3. The average Bonchev–Trinajstić information content (AvgIpc) is 3.33. The van der Waals surface area contributed by atoms with E-state index in [0.29, 0.717) is 41.4 Å². The number of hydrogen-bond donors (Lipinski definition) is 2. The number of aromatic nitrogens is 1. The summed E-state index contributed by atoms with van der Waals surface area (Å²) >= 11 is 6.83. The van der Waals surface area contributed by atoms with E-state index in [2.05, 4.69) is 15.6 Å². The van der Waals surface area contributed by atoms with Gasteiger partial charge < -0.3 is 20.4 Å². The maximum atomic E-state index is 13.2. The van der Waals surface area contributed by atoms with Crippen LogP contribution in [0.3, 0.4) is 0 Å². The summed E-state index contributed by atoms with van der Waals surface area (Å²) in [5, 5.41) is 8.71. The Labute approximate surface area is 202 Å². The summed E-state index contributed by atoms with van der Waals surface area (Å²) in [5.74, 6) is -0.183. The van der Waals surface area contributed by atoms with Gasteiger partial charge in [-0.1, -0.05) is 32.1 Å². The van der Waals surface area contributed by atoms with Crippen molar-refractivity contribution in [1.82, 2.24) is 14.8 Å². The molecule has 1 atom stereocenters. The van der Waals surface area contributed by atoms with Crippen LogP contribution in [-0.2, 0) is 9.59 Å². The second kappa shape index (κ2) is 11.0. The Kier molecular flexibility index (Phi) is 7.87. The molecule has 2 fully saturated rings. The van der Waals surface area contributed by atoms with Crippen LogP contribution in [0.2, 0.25) is 0 Å². The highest BCUT2D eigenvalue weighted by Crippen LogP contribution is 2.30. The fourth-order valence-electron chi connectivity index (χ4n) is 4.51. The lowest BCUT2D eigenvalue weighted by atomic mass is 9.84. The van der Waals surface area contributed by atoms with Gasteiger partial charge >= 0.3 is 0 Å². The Bertz CT molecular complexity index is 964. The van der Waals surface area contributed by atoms with Gasteiger partial charge in [0.2, 0.25) is 11.8 Å². The van der Waals surface area contributed by atoms with Crippen LogP contribution >= 0.6 is 23.6 Å². The molecule has 0 spiro atoms. The zero-order valence-corrected chi connectivity index (χ0v) is 20.0. The minimum atomic E-state index is -0.523. The van der Waals surface area contributed by atoms with E-state index in [1.165, 1.54) is 42.7 Å². The minimum absolute atomic E-state index is 0.0960. The quantitative estimate of drug-likeness (QED) is 0.595. The van der Waals surface area contributed by atoms with E-state index in [4.69, 9.17) is 12.2 Å². The molecule has 2 aromatic rings. The van der Waals surface area contributed by atoms with Crippen molar-refractivity contribution in [3.05, 3.63) is 41.7 Å². The highest BCUT2D eigenvalue weighted by atomic mass is 32.1. The smallest absolute Gasteiger partial charge is 0.248 e. The number of thiazole rings is 1. The predicted octanol–water partition coefficient (Wildman–Crippen LogP) is 4.10. The highest BCUT2D eigenvalue weighted by Gasteiger charge is 2.36. The molecule has 4 rings (SSSR count). The number of carbonyl (C=O) groups is 2. The molecule has 0 radical (unpaired) electrons. The summed E-state index contributed by atoms with van der Waals surface area (Å²) in [7, 11) is 0. The first kappa shape index (κ1) is 23.6. The van der Waals surface area contributed by atoms with Crippen LogP contribution in [0.15, 0.2) is 35.8 Å². The van der Waals surface area contributed by atoms with E-state index in [-0.39, 0.29) is 24.2 Å². The normalized spacial score (nSPS) is 18.2. The van der Waals surface area contributed by atoms with E-state index in [1.807, 2.05) is 5.38 Å². The van der Waals surface area contributed by atoms with Crippen molar-refractivity contribution in [2.45, 2.75) is 44.6 Å². The lowest BCUT2D eigenvalue weighted by Crippen LogP contribution is -2.59. The van der Waals surface area contributed by atoms with Crippen LogP contribution in [0, 0.1) is 11.7 Å². The Morgan fingerprint density at radius 2 is 1.94 bits per heavy atom. The molecular formula is C23H28FN5O2S2. The molecule has 10 heteroatoms. The first-order valence-corrected chi connectivity index (χ1v) is 12.6. The largest absolute Gasteiger partial charge is 0.338 e. The Balaban J connectivity index is 1.41. The van der Waals surface area contributed by atoms with Crippen molar-refractivity contribution in [1.29, 1.82) is 0 Å². The number of carbonyl (C=O) groups excluding carboxylic acids is 2. The maximum absolute atomic E-state index is 13.2. The van der Waals surface area contributed by atoms with Gasteiger partial charge in [-0.25, -0.2) is 9.37 Å². The molecule has 1 aromatic heterocycles. The third kappa shape index (κ3) is 6.26. The summed E-state index contributed by atoms with van der Waals surface area (Å²) in [6.45, 7) is 1.02. The van der Waals surface area contributed by atoms with Crippen LogP contribution in [0.25, 0.3) is 0 Å². The Hall–Kier alpha value is -2.59. The van der Waals surface area contributed by atoms with Gasteiger partial charge in [0.25, 0.3) is 0 Å². The van der Waals surface area contributed by atoms with E-state index >= 15 is 0 Å². The number of anilines is 2. The maximum Gasteiger partial charge on any atom is 0.248 e. The lowest BCUT2D eigenvalue weighted by molar-refractivity contribution is -0.142. The second-order valence-corrected chi connectivity index (χ2v) is 9.81. The third-order valence-corrected chi connectivity index (χ3v) is 7.31. The molecule has 1 aromatic carbocycles. The van der Waals surface area contributed by atoms with Crippen LogP contribution in [0.4, 0.5) is 15.2 Å². The van der Waals surface area contributed by atoms with Crippen molar-refractivity contribution >= 4 is 51.3 Å². The number of nitrogens with one attached hydrogen (secondary N) is 2. The second-order valence-electron chi connectivity index (χ2n) is 8.53. The summed E-state index contributed by atoms with van der Waals surface area (Å²) in [6.07, 6.45) is 8.11. The Morgan fingerprint density at radius 1 is 1.18 bits per heavy atom. The SMILES string of the molecule is O=C(Nc1nccs1)[C@H](CC1CCCCC1)N1CCN(C(=S)Nc2ccc(F)cc2)CC1=O. The van der Waals surface area contributed by atoms with Crippen molar-refractivity contribution in [3.63, 3.8) is 0 Å².